The maximum Gasteiger partial charge on any atom is 0.329 e. The number of esters is 1. The lowest BCUT2D eigenvalue weighted by molar-refractivity contribution is -0.385. The van der Waals surface area contributed by atoms with Crippen molar-refractivity contribution < 1.29 is 126 Å². The maximum absolute atomic E-state index is 15.0. The number of hydrogen-bond acceptors (Lipinski definition) is 26. The number of hydrogen-bond donors (Lipinski definition) is 22. The molecule has 24 N–H and O–H groups in total. The van der Waals surface area contributed by atoms with E-state index >= 15 is 0 Å². The van der Waals surface area contributed by atoms with Crippen molar-refractivity contribution in [3.8, 4) is 0 Å². The van der Waals surface area contributed by atoms with Crippen LogP contribution in [0, 0.1) is 16.0 Å². The van der Waals surface area contributed by atoms with Crippen LogP contribution in [0.4, 0.5) is 11.4 Å². The van der Waals surface area contributed by atoms with Crippen molar-refractivity contribution in [1.82, 2.24) is 79.4 Å². The van der Waals surface area contributed by atoms with Gasteiger partial charge in [0.1, 0.15) is 72.6 Å². The number of aromatic nitrogens is 1. The van der Waals surface area contributed by atoms with Crippen molar-refractivity contribution in [2.45, 2.75) is 216 Å². The third-order valence-electron chi connectivity index (χ3n) is 19.6. The molecule has 0 unspecified atom stereocenters. The first kappa shape index (κ1) is 101. The molecule has 1 aliphatic heterocycles. The fourth-order valence-corrected chi connectivity index (χ4v) is 12.9. The number of carboxylic acid groups (broad SMARTS) is 3. The van der Waals surface area contributed by atoms with Gasteiger partial charge in [0.15, 0.2) is 5.78 Å². The first-order valence-corrected chi connectivity index (χ1v) is 39.9. The molecule has 45 nitrogen and oxygen atoms in total. The molecular formula is C79H108N18O27. The number of anilines is 1. The van der Waals surface area contributed by atoms with Crippen LogP contribution in [-0.2, 0) is 104 Å². The summed E-state index contributed by atoms with van der Waals surface area (Å²) in [6.45, 7) is 0.144. The number of aliphatic hydroxyl groups excluding tert-OH is 2. The molecule has 1 aromatic heterocycles. The van der Waals surface area contributed by atoms with Crippen LogP contribution < -0.4 is 85.9 Å². The summed E-state index contributed by atoms with van der Waals surface area (Å²) in [6, 6.07) is -4.46. The Labute approximate surface area is 709 Å². The van der Waals surface area contributed by atoms with Gasteiger partial charge >= 0.3 is 23.9 Å². The van der Waals surface area contributed by atoms with Crippen LogP contribution in [0.3, 0.4) is 0 Å². The van der Waals surface area contributed by atoms with E-state index in [1.807, 2.05) is 16.0 Å². The molecule has 0 spiro atoms. The molecule has 0 aliphatic carbocycles. The van der Waals surface area contributed by atoms with Gasteiger partial charge in [0.05, 0.1) is 50.3 Å². The van der Waals surface area contributed by atoms with Gasteiger partial charge in [-0.05, 0) is 75.8 Å². The Kier molecular flexibility index (Phi) is 41.7. The number of benzene rings is 3. The number of unbranched alkanes of at least 4 members (excludes halogenated alkanes) is 6. The first-order valence-electron chi connectivity index (χ1n) is 39.9. The van der Waals surface area contributed by atoms with E-state index in [4.69, 9.17) is 16.2 Å². The van der Waals surface area contributed by atoms with Gasteiger partial charge in [0, 0.05) is 72.4 Å². The number of aliphatic hydroxyl groups is 2. The van der Waals surface area contributed by atoms with E-state index in [9.17, 15) is 127 Å². The van der Waals surface area contributed by atoms with Gasteiger partial charge in [-0.2, -0.15) is 0 Å². The fourth-order valence-electron chi connectivity index (χ4n) is 12.9. The summed E-state index contributed by atoms with van der Waals surface area (Å²) in [6.07, 6.45) is -1.60. The van der Waals surface area contributed by atoms with Gasteiger partial charge in [-0.1, -0.05) is 101 Å². The topological polar surface area (TPSA) is 714 Å². The summed E-state index contributed by atoms with van der Waals surface area (Å²) < 4.78 is 5.77. The number of carboxylic acids is 3. The molecule has 0 bridgehead atoms. The van der Waals surface area contributed by atoms with E-state index in [2.05, 4.69) is 70.4 Å². The summed E-state index contributed by atoms with van der Waals surface area (Å²) in [5.41, 5.74) is 12.5. The Morgan fingerprint density at radius 2 is 1.15 bits per heavy atom. The van der Waals surface area contributed by atoms with Crippen LogP contribution in [0.15, 0.2) is 79.0 Å². The number of rotatable bonds is 39. The highest BCUT2D eigenvalue weighted by Gasteiger charge is 2.41. The molecule has 5 rings (SSSR count). The molecule has 3 aromatic carbocycles. The van der Waals surface area contributed by atoms with E-state index in [0.29, 0.717) is 29.3 Å². The number of nitrogens with zero attached hydrogens (tertiary/aromatic N) is 1. The molecule has 0 saturated carbocycles. The second-order valence-corrected chi connectivity index (χ2v) is 29.4. The number of aromatic amines is 1. The van der Waals surface area contributed by atoms with E-state index < -0.39 is 267 Å². The van der Waals surface area contributed by atoms with Gasteiger partial charge in [0.2, 0.25) is 82.7 Å². The Morgan fingerprint density at radius 3 is 1.79 bits per heavy atom. The minimum Gasteiger partial charge on any atom is -0.481 e. The zero-order chi connectivity index (χ0) is 91.9. The Morgan fingerprint density at radius 1 is 0.581 bits per heavy atom. The van der Waals surface area contributed by atoms with E-state index in [1.54, 1.807) is 30.5 Å². The number of ketones is 1. The molecule has 1 fully saturated rings. The van der Waals surface area contributed by atoms with Gasteiger partial charge in [-0.3, -0.25) is 96.4 Å². The number of H-pyrrole nitrogens is 1. The Hall–Kier alpha value is -13.6. The second-order valence-electron chi connectivity index (χ2n) is 29.4. The van der Waals surface area contributed by atoms with Crippen molar-refractivity contribution in [3.63, 3.8) is 0 Å². The summed E-state index contributed by atoms with van der Waals surface area (Å²) >= 11 is 0. The van der Waals surface area contributed by atoms with Crippen molar-refractivity contribution in [2.24, 2.45) is 11.7 Å². The molecule has 1 aliphatic rings. The van der Waals surface area contributed by atoms with Crippen molar-refractivity contribution in [2.75, 3.05) is 38.6 Å². The van der Waals surface area contributed by atoms with Crippen LogP contribution in [0.5, 0.6) is 0 Å². The number of nitro groups is 1. The number of Topliss-reactive ketones (excluding diaryl/α,β-unsaturated/α-hetero) is 1. The standard InChI is InChI=1S/C79H108N18O27/c1-5-6-7-8-9-10-11-26-61(102)88-52(31-45-37-83-49-23-16-14-20-46(45)49)74(116)92-53(33-60(81)101)75(117)90-51(27-29-98)72(114)96-68-43(4)124-79(121)56(32-59(100)47-21-13-15-22-48(47)80)94-78(120)67(41(2)30-64(105)106)95-76(118)57(40-99)89-63(104)38-84-70(112)54(34-65(107)108)91-69(111)42(3)86-73(115)55(35-66(109)110)93-71(113)50(87-62(103)39-85-77(68)119)24-18-28-82-36-44-19-12-17-25-58(44)97(122)123/h12-17,19-23,25,37,41-43,50-57,67-68,82-83,98-99H,5-11,18,24,26-36,38-40,80H2,1-4H3,(H2,81,101)(H,84,112)(H,85,119)(H,86,115)(H,87,103)(H,88,102)(H,89,104)(H,90,117)(H,91,111)(H,92,116)(H,93,113)(H,94,120)(H,95,118)(H,96,114)(H,105,106)(H,107,108)(H,109,110)/t41-,42-,43-,50+,51+,52+,53+,54+,55+,56+,57-,67+,68+/m1/s1. The van der Waals surface area contributed by atoms with Crippen molar-refractivity contribution >= 4 is 135 Å². The van der Waals surface area contributed by atoms with Crippen molar-refractivity contribution in [3.05, 3.63) is 106 Å². The molecule has 676 valence electrons. The average molecular weight is 1740 g/mol. The van der Waals surface area contributed by atoms with E-state index in [-0.39, 0.29) is 54.9 Å². The number of fused-ring (bicyclic) bond motifs is 1. The van der Waals surface area contributed by atoms with Crippen LogP contribution in [0.2, 0.25) is 0 Å². The summed E-state index contributed by atoms with van der Waals surface area (Å²) in [7, 11) is 0. The molecule has 124 heavy (non-hydrogen) atoms. The molecule has 45 heteroatoms. The zero-order valence-corrected chi connectivity index (χ0v) is 68.6. The number of nitrogens with two attached hydrogens (primary N) is 2. The summed E-state index contributed by atoms with van der Waals surface area (Å²) in [4.78, 5) is 278. The highest BCUT2D eigenvalue weighted by molar-refractivity contribution is 6.05. The minimum absolute atomic E-state index is 0.0000403. The van der Waals surface area contributed by atoms with Crippen molar-refractivity contribution in [1.29, 1.82) is 0 Å². The molecule has 14 amide bonds. The summed E-state index contributed by atoms with van der Waals surface area (Å²) in [5, 5.41) is 94.7. The second kappa shape index (κ2) is 51.2. The smallest absolute Gasteiger partial charge is 0.329 e. The molecule has 2 heterocycles. The molecule has 1 saturated heterocycles. The lowest BCUT2D eigenvalue weighted by Crippen LogP contribution is -2.61. The highest BCUT2D eigenvalue weighted by Crippen LogP contribution is 2.23. The van der Waals surface area contributed by atoms with Gasteiger partial charge < -0.3 is 121 Å². The Bertz CT molecular complexity index is 4500. The maximum atomic E-state index is 15.0. The third kappa shape index (κ3) is 33.8. The van der Waals surface area contributed by atoms with E-state index in [1.165, 1.54) is 48.5 Å². The first-order chi connectivity index (χ1) is 58.8. The fraction of sp³-hybridized carbons (Fsp3) is 0.506. The van der Waals surface area contributed by atoms with Gasteiger partial charge in [-0.15, -0.1) is 0 Å². The number of nitrogen functional groups attached to an aromatic ring is 1. The number of aliphatic carboxylic acids is 3. The van der Waals surface area contributed by atoms with Gasteiger partial charge in [-0.25, -0.2) is 4.79 Å². The van der Waals surface area contributed by atoms with Crippen LogP contribution in [0.25, 0.3) is 10.9 Å². The normalized spacial score (nSPS) is 20.5. The minimum atomic E-state index is -2.38. The number of cyclic esters (lactones) is 1. The predicted molar refractivity (Wildman–Crippen MR) is 435 cm³/mol. The molecule has 13 atom stereocenters. The number of amides is 14. The number of primary amides is 1. The number of ether oxygens (including phenoxy) is 1. The molecule has 0 radical (unpaired) electrons. The number of nitrogens with one attached hydrogen (secondary N) is 15. The van der Waals surface area contributed by atoms with Gasteiger partial charge in [0.25, 0.3) is 5.69 Å². The SMILES string of the molecule is CCCCCCCCCC(=O)N[C@@H](Cc1c[nH]c2ccccc12)C(=O)N[C@@H](CC(N)=O)C(=O)N[C@@H](CCO)C(=O)N[C@@H]1C(=O)NCC(=O)N[C@@H](CCCNCc2ccccc2[N+](=O)[O-])C(=O)N[C@@H](CC(=O)O)C(=O)N[C@H](C)C(=O)N[C@@H](CC(=O)O)C(=O)NCC(=O)N[C@H](CO)C(=O)N[C@@H]([C@H](C)CC(=O)O)C(=O)N[C@@H](CC(=O)c2ccccc2N)C(=O)O[C@@H]1C. The molecule has 4 aromatic rings. The predicted octanol–water partition coefficient (Wildman–Crippen LogP) is -3.97. The summed E-state index contributed by atoms with van der Waals surface area (Å²) in [5.74, 6) is -27.5. The number of carbonyl (C=O) groups is 19. The average Bonchev–Trinajstić information content (AvgIpc) is 1.69. The van der Waals surface area contributed by atoms with Crippen LogP contribution in [-0.4, -0.2) is 253 Å². The lowest BCUT2D eigenvalue weighted by Gasteiger charge is -2.30. The molecular weight excluding hydrogens is 1630 g/mol. The monoisotopic (exact) mass is 1740 g/mol. The number of carbonyl (C=O) groups excluding carboxylic acids is 16. The van der Waals surface area contributed by atoms with Crippen LogP contribution >= 0.6 is 0 Å². The quantitative estimate of drug-likeness (QED) is 0.00506. The zero-order valence-electron chi connectivity index (χ0n) is 68.6. The highest BCUT2D eigenvalue weighted by atomic mass is 16.6. The third-order valence-corrected chi connectivity index (χ3v) is 19.6. The number of para-hydroxylation sites is 3. The number of nitro benzene ring substituents is 1. The largest absolute Gasteiger partial charge is 0.481 e. The Balaban J connectivity index is 1.62. The van der Waals surface area contributed by atoms with E-state index in [0.717, 1.165) is 52.9 Å². The van der Waals surface area contributed by atoms with Crippen LogP contribution in [0.1, 0.15) is 152 Å². The lowest BCUT2D eigenvalue weighted by atomic mass is 9.96.